The van der Waals surface area contributed by atoms with Crippen molar-refractivity contribution >= 4 is 23.3 Å². The van der Waals surface area contributed by atoms with Gasteiger partial charge < -0.3 is 30.9 Å². The Hall–Kier alpha value is -4.52. The van der Waals surface area contributed by atoms with E-state index >= 15 is 0 Å². The van der Waals surface area contributed by atoms with E-state index in [4.69, 9.17) is 10.5 Å². The Labute approximate surface area is 260 Å². The summed E-state index contributed by atoms with van der Waals surface area (Å²) < 4.78 is 5.21. The molecule has 6 N–H and O–H groups in total. The third-order valence-corrected chi connectivity index (χ3v) is 9.37. The highest BCUT2D eigenvalue weighted by Crippen LogP contribution is 2.52. The second-order valence-electron chi connectivity index (χ2n) is 12.4. The van der Waals surface area contributed by atoms with Gasteiger partial charge in [-0.05, 0) is 82.7 Å². The van der Waals surface area contributed by atoms with Crippen LogP contribution in [0.5, 0.6) is 11.5 Å². The quantitative estimate of drug-likeness (QED) is 0.212. The van der Waals surface area contributed by atoms with Gasteiger partial charge in [0.15, 0.2) is 17.2 Å². The fourth-order valence-corrected chi connectivity index (χ4v) is 7.10. The minimum atomic E-state index is -2.73. The van der Waals surface area contributed by atoms with Crippen molar-refractivity contribution in [2.75, 3.05) is 35.3 Å². The van der Waals surface area contributed by atoms with Crippen molar-refractivity contribution in [3.05, 3.63) is 81.3 Å². The summed E-state index contributed by atoms with van der Waals surface area (Å²) in [6.07, 6.45) is 0.428. The van der Waals surface area contributed by atoms with E-state index in [1.807, 2.05) is 12.1 Å². The Morgan fingerprint density at radius 1 is 1.04 bits per heavy atom. The second kappa shape index (κ2) is 11.4. The first kappa shape index (κ1) is 31.9. The molecule has 45 heavy (non-hydrogen) atoms. The summed E-state index contributed by atoms with van der Waals surface area (Å²) in [7, 11) is 8.15. The normalized spacial score (nSPS) is 25.2. The van der Waals surface area contributed by atoms with Crippen molar-refractivity contribution < 1.29 is 44.3 Å². The summed E-state index contributed by atoms with van der Waals surface area (Å²) >= 11 is 0. The molecule has 0 fully saturated rings. The van der Waals surface area contributed by atoms with E-state index in [1.54, 1.807) is 58.4 Å². The molecule has 0 saturated heterocycles. The first-order valence-corrected chi connectivity index (χ1v) is 14.5. The van der Waals surface area contributed by atoms with E-state index in [1.165, 1.54) is 11.0 Å². The summed E-state index contributed by atoms with van der Waals surface area (Å²) in [5.74, 6) is -7.16. The average Bonchev–Trinajstić information content (AvgIpc) is 2.97. The van der Waals surface area contributed by atoms with Gasteiger partial charge in [0.1, 0.15) is 28.6 Å². The van der Waals surface area contributed by atoms with E-state index in [0.29, 0.717) is 17.7 Å². The molecule has 3 aliphatic carbocycles. The topological polar surface area (TPSA) is 191 Å². The van der Waals surface area contributed by atoms with Crippen LogP contribution in [-0.4, -0.2) is 106 Å². The Balaban J connectivity index is 1.57. The molecule has 0 bridgehead atoms. The molecule has 5 rings (SSSR count). The number of primary amides is 1. The summed E-state index contributed by atoms with van der Waals surface area (Å²) in [6.45, 7) is 0. The van der Waals surface area contributed by atoms with Gasteiger partial charge in [-0.2, -0.15) is 0 Å². The molecular weight excluding hydrogens is 582 g/mol. The Morgan fingerprint density at radius 3 is 2.24 bits per heavy atom. The molecule has 12 heteroatoms. The van der Waals surface area contributed by atoms with Crippen LogP contribution in [0.2, 0.25) is 0 Å². The molecule has 0 spiro atoms. The largest absolute Gasteiger partial charge is 0.510 e. The zero-order chi connectivity index (χ0) is 33.1. The van der Waals surface area contributed by atoms with Gasteiger partial charge in [-0.3, -0.25) is 29.0 Å². The van der Waals surface area contributed by atoms with Crippen molar-refractivity contribution in [3.63, 3.8) is 0 Å². The lowest BCUT2D eigenvalue weighted by Crippen LogP contribution is -2.63. The highest BCUT2D eigenvalue weighted by molar-refractivity contribution is 6.25. The third kappa shape index (κ3) is 4.89. The number of rotatable bonds is 8. The van der Waals surface area contributed by atoms with Crippen LogP contribution >= 0.6 is 0 Å². The molecule has 2 aromatic carbocycles. The van der Waals surface area contributed by atoms with Crippen LogP contribution in [0, 0.1) is 11.8 Å². The number of likely N-dealkylation sites (N-methyl/N-ethyl adjacent to an activating group) is 2. The molecule has 0 saturated carbocycles. The number of amides is 1. The lowest BCUT2D eigenvalue weighted by Gasteiger charge is -2.50. The van der Waals surface area contributed by atoms with Gasteiger partial charge in [0.2, 0.25) is 5.78 Å². The maximum absolute atomic E-state index is 14.0. The number of methoxy groups -OCH3 is 1. The lowest BCUT2D eigenvalue weighted by atomic mass is 9.58. The van der Waals surface area contributed by atoms with Crippen LogP contribution in [0.4, 0.5) is 0 Å². The standard InChI is InChI=1S/C33H37N3O9/c1-35(2)21(12-15-6-9-18(45-5)10-7-15)26(37)19-11-8-16-13-17-14-20-25(36(3)4)29(40)24(32(34)43)31(42)33(20,44)30(41)23(17)28(39)22(16)27(19)38/h6-11,17,20-21,25,38,40-41,44H,12-14H2,1-5H3,(H2,34,43)/t17?,20?,21?,25-,33?/m0/s1. The number of aliphatic hydroxyl groups is 3. The number of hydrogen-bond donors (Lipinski definition) is 5. The molecule has 12 nitrogen and oxygen atoms in total. The first-order valence-electron chi connectivity index (χ1n) is 14.5. The van der Waals surface area contributed by atoms with E-state index in [-0.39, 0.29) is 29.5 Å². The fourth-order valence-electron chi connectivity index (χ4n) is 7.10. The van der Waals surface area contributed by atoms with Crippen LogP contribution in [-0.2, 0) is 22.4 Å². The molecule has 4 unspecified atom stereocenters. The highest BCUT2D eigenvalue weighted by atomic mass is 16.5. The number of carbonyl (C=O) groups excluding carboxylic acids is 4. The van der Waals surface area contributed by atoms with Crippen molar-refractivity contribution in [3.8, 4) is 11.5 Å². The number of aromatic hydroxyl groups is 1. The van der Waals surface area contributed by atoms with E-state index < -0.39 is 75.6 Å². The van der Waals surface area contributed by atoms with Crippen LogP contribution in [0.1, 0.15) is 38.3 Å². The van der Waals surface area contributed by atoms with Crippen molar-refractivity contribution in [2.24, 2.45) is 17.6 Å². The number of Topliss-reactive ketones (excluding diaryl/α,β-unsaturated/α-hetero) is 3. The molecule has 2 aromatic rings. The Kier molecular flexibility index (Phi) is 8.11. The number of benzene rings is 2. The molecule has 1 amide bonds. The molecule has 0 radical (unpaired) electrons. The number of ketones is 3. The number of ether oxygens (including phenoxy) is 1. The number of carbonyl (C=O) groups is 4. The number of fused-ring (bicyclic) bond motifs is 3. The van der Waals surface area contributed by atoms with Crippen molar-refractivity contribution in [1.29, 1.82) is 0 Å². The summed E-state index contributed by atoms with van der Waals surface area (Å²) in [5.41, 5.74) is 2.48. The maximum atomic E-state index is 14.0. The SMILES string of the molecule is COc1ccc(CC(C(=O)c2ccc3c(c2O)C(=O)C2=C(O)C4(O)C(=O)C(C(N)=O)=C(O)[C@@H](N(C)C)C4CC2C3)N(C)C)cc1. The van der Waals surface area contributed by atoms with Gasteiger partial charge in [0, 0.05) is 11.5 Å². The summed E-state index contributed by atoms with van der Waals surface area (Å²) in [4.78, 5) is 56.7. The average molecular weight is 620 g/mol. The van der Waals surface area contributed by atoms with Gasteiger partial charge in [-0.15, -0.1) is 0 Å². The molecule has 0 aromatic heterocycles. The minimum absolute atomic E-state index is 0.0161. The van der Waals surface area contributed by atoms with Gasteiger partial charge in [0.25, 0.3) is 5.91 Å². The van der Waals surface area contributed by atoms with E-state index in [0.717, 1.165) is 5.56 Å². The first-order chi connectivity index (χ1) is 21.1. The van der Waals surface area contributed by atoms with Gasteiger partial charge in [-0.1, -0.05) is 18.2 Å². The third-order valence-electron chi connectivity index (χ3n) is 9.37. The fraction of sp³-hybridized carbons (Fsp3) is 0.394. The van der Waals surface area contributed by atoms with Crippen LogP contribution in [0.3, 0.4) is 0 Å². The zero-order valence-corrected chi connectivity index (χ0v) is 25.7. The molecule has 238 valence electrons. The minimum Gasteiger partial charge on any atom is -0.510 e. The smallest absolute Gasteiger partial charge is 0.255 e. The maximum Gasteiger partial charge on any atom is 0.255 e. The number of phenols is 1. The number of nitrogens with zero attached hydrogens (tertiary/aromatic N) is 2. The molecule has 3 aliphatic rings. The van der Waals surface area contributed by atoms with Gasteiger partial charge in [0.05, 0.1) is 30.3 Å². The molecule has 0 heterocycles. The van der Waals surface area contributed by atoms with Gasteiger partial charge in [-0.25, -0.2) is 0 Å². The van der Waals surface area contributed by atoms with Crippen LogP contribution < -0.4 is 10.5 Å². The number of phenolic OH excluding ortho intramolecular Hbond substituents is 1. The van der Waals surface area contributed by atoms with E-state index in [9.17, 15) is 39.6 Å². The van der Waals surface area contributed by atoms with Crippen LogP contribution in [0.25, 0.3) is 0 Å². The Morgan fingerprint density at radius 2 is 1.69 bits per heavy atom. The molecule has 0 aliphatic heterocycles. The summed E-state index contributed by atoms with van der Waals surface area (Å²) in [6, 6.07) is 8.52. The monoisotopic (exact) mass is 619 g/mol. The number of allylic oxidation sites excluding steroid dienone is 1. The van der Waals surface area contributed by atoms with Crippen LogP contribution in [0.15, 0.2) is 59.1 Å². The highest BCUT2D eigenvalue weighted by Gasteiger charge is 2.63. The molecule has 5 atom stereocenters. The van der Waals surface area contributed by atoms with Gasteiger partial charge >= 0.3 is 0 Å². The number of hydrogen-bond acceptors (Lipinski definition) is 11. The predicted octanol–water partition coefficient (Wildman–Crippen LogP) is 1.48. The van der Waals surface area contributed by atoms with Crippen molar-refractivity contribution in [1.82, 2.24) is 9.80 Å². The Bertz CT molecular complexity index is 1670. The van der Waals surface area contributed by atoms with Crippen molar-refractivity contribution in [2.45, 2.75) is 36.9 Å². The second-order valence-corrected chi connectivity index (χ2v) is 12.4. The zero-order valence-electron chi connectivity index (χ0n) is 25.7. The number of nitrogens with two attached hydrogens (primary N) is 1. The number of aliphatic hydroxyl groups excluding tert-OH is 2. The van der Waals surface area contributed by atoms with E-state index in [2.05, 4.69) is 0 Å². The lowest BCUT2D eigenvalue weighted by molar-refractivity contribution is -0.148. The predicted molar refractivity (Wildman–Crippen MR) is 162 cm³/mol. The molecular formula is C33H37N3O9. The summed E-state index contributed by atoms with van der Waals surface area (Å²) in [5, 5.41) is 45.6.